The Morgan fingerprint density at radius 1 is 0.466 bits per heavy atom. The number of nitrogens with zero attached hydrogens (tertiary/aromatic N) is 1. The summed E-state index contributed by atoms with van der Waals surface area (Å²) < 4.78 is 0. The van der Waals surface area contributed by atoms with E-state index in [1.807, 2.05) is 0 Å². The lowest BCUT2D eigenvalue weighted by Crippen LogP contribution is -2.11. The van der Waals surface area contributed by atoms with Gasteiger partial charge >= 0.3 is 0 Å². The van der Waals surface area contributed by atoms with Crippen LogP contribution in [0.5, 0.6) is 0 Å². The van der Waals surface area contributed by atoms with Crippen LogP contribution in [0.2, 0.25) is 0 Å². The minimum Gasteiger partial charge on any atom is -0.354 e. The van der Waals surface area contributed by atoms with E-state index in [9.17, 15) is 0 Å². The molecule has 1 heterocycles. The molecule has 1 aliphatic carbocycles. The molecule has 0 bridgehead atoms. The van der Waals surface area contributed by atoms with Gasteiger partial charge in [0.25, 0.3) is 0 Å². The lowest BCUT2D eigenvalue weighted by atomic mass is 9.88. The number of aryl methyl sites for hydroxylation is 1. The van der Waals surface area contributed by atoms with Crippen LogP contribution in [0, 0.1) is 6.92 Å². The van der Waals surface area contributed by atoms with Crippen molar-refractivity contribution in [2.24, 2.45) is 0 Å². The molecule has 0 unspecified atom stereocenters. The fraction of sp³-hybridized carbons (Fsp3) is 0.0714. The zero-order valence-electron chi connectivity index (χ0n) is 32.9. The third-order valence-corrected chi connectivity index (χ3v) is 11.8. The van der Waals surface area contributed by atoms with Crippen LogP contribution in [-0.4, -0.2) is 4.98 Å². The maximum atomic E-state index is 3.85. The van der Waals surface area contributed by atoms with Crippen LogP contribution in [0.15, 0.2) is 206 Å². The van der Waals surface area contributed by atoms with Gasteiger partial charge in [0.05, 0.1) is 11.2 Å². The van der Waals surface area contributed by atoms with Crippen molar-refractivity contribution in [1.29, 1.82) is 0 Å². The number of hydrogen-bond acceptors (Lipinski definition) is 1. The molecular weight excluding hydrogens is 701 g/mol. The number of anilines is 3. The van der Waals surface area contributed by atoms with Gasteiger partial charge in [-0.05, 0) is 130 Å². The number of H-pyrrole nitrogens is 1. The van der Waals surface area contributed by atoms with Gasteiger partial charge in [0, 0.05) is 33.2 Å². The minimum absolute atomic E-state index is 1.09. The number of hydrogen-bond donors (Lipinski definition) is 1. The SMILES string of the molecule is CC1=C(c2ccc(-c3ccc(N(c4cc(-c5ccccc5)cc(-c5ccccc5)c4)c4ccc(-c5ccccc5)c5[nH]c6ccccc6c45)cc3)cc2C)CCC=C1. The van der Waals surface area contributed by atoms with Gasteiger partial charge in [-0.2, -0.15) is 0 Å². The number of para-hydroxylation sites is 1. The Balaban J connectivity index is 1.18. The first-order chi connectivity index (χ1) is 28.6. The van der Waals surface area contributed by atoms with E-state index in [0.29, 0.717) is 0 Å². The molecule has 1 N–H and O–H groups in total. The maximum absolute atomic E-state index is 3.85. The van der Waals surface area contributed by atoms with Crippen molar-refractivity contribution in [3.05, 3.63) is 217 Å². The Bertz CT molecular complexity index is 2930. The van der Waals surface area contributed by atoms with Crippen LogP contribution in [0.4, 0.5) is 17.1 Å². The van der Waals surface area contributed by atoms with Crippen LogP contribution >= 0.6 is 0 Å². The number of fused-ring (bicyclic) bond motifs is 3. The molecule has 2 heteroatoms. The van der Waals surface area contributed by atoms with E-state index in [2.05, 4.69) is 224 Å². The highest BCUT2D eigenvalue weighted by molar-refractivity contribution is 6.19. The summed E-state index contributed by atoms with van der Waals surface area (Å²) >= 11 is 0. The summed E-state index contributed by atoms with van der Waals surface area (Å²) in [7, 11) is 0. The molecule has 0 atom stereocenters. The fourth-order valence-electron chi connectivity index (χ4n) is 8.86. The first-order valence-electron chi connectivity index (χ1n) is 20.3. The molecule has 0 saturated carbocycles. The molecule has 0 saturated heterocycles. The van der Waals surface area contributed by atoms with Crippen LogP contribution in [0.1, 0.15) is 30.9 Å². The maximum Gasteiger partial charge on any atom is 0.0565 e. The first-order valence-corrected chi connectivity index (χ1v) is 20.3. The molecule has 0 aliphatic heterocycles. The normalized spacial score (nSPS) is 12.7. The Kier molecular flexibility index (Phi) is 9.16. The Morgan fingerprint density at radius 3 is 1.71 bits per heavy atom. The molecule has 0 amide bonds. The summed E-state index contributed by atoms with van der Waals surface area (Å²) in [5.74, 6) is 0. The Hall–Kier alpha value is -7.16. The Morgan fingerprint density at radius 2 is 1.05 bits per heavy atom. The van der Waals surface area contributed by atoms with Gasteiger partial charge in [-0.15, -0.1) is 0 Å². The second-order valence-electron chi connectivity index (χ2n) is 15.4. The quantitative estimate of drug-likeness (QED) is 0.164. The standard InChI is InChI=1S/C56H44N2/c1-38-16-12-13-23-49(38)50-31-28-44(34-39(50)2)42-26-29-47(30-27-42)58(48-36-45(40-17-6-3-7-18-40)35-46(37-48)41-19-8-4-9-20-41)54-33-32-51(43-21-10-5-11-22-43)56-55(54)52-24-14-15-25-53(52)57-56/h3-12,14-22,24-37,57H,13,23H2,1-2H3. The number of aromatic nitrogens is 1. The summed E-state index contributed by atoms with van der Waals surface area (Å²) in [4.78, 5) is 6.31. The van der Waals surface area contributed by atoms with E-state index in [-0.39, 0.29) is 0 Å². The average Bonchev–Trinajstić information content (AvgIpc) is 3.68. The molecule has 0 fully saturated rings. The zero-order chi connectivity index (χ0) is 39.0. The summed E-state index contributed by atoms with van der Waals surface area (Å²) in [6.45, 7) is 4.49. The predicted molar refractivity (Wildman–Crippen MR) is 248 cm³/mol. The van der Waals surface area contributed by atoms with Gasteiger partial charge in [0.15, 0.2) is 0 Å². The molecular formula is C56H44N2. The second kappa shape index (κ2) is 15.1. The van der Waals surface area contributed by atoms with E-state index in [1.54, 1.807) is 0 Å². The van der Waals surface area contributed by atoms with Crippen LogP contribution < -0.4 is 4.90 Å². The van der Waals surface area contributed by atoms with Gasteiger partial charge in [-0.3, -0.25) is 0 Å². The van der Waals surface area contributed by atoms with Crippen molar-refractivity contribution >= 4 is 44.4 Å². The summed E-state index contributed by atoms with van der Waals surface area (Å²) in [5.41, 5.74) is 20.6. The number of benzene rings is 8. The average molecular weight is 745 g/mol. The van der Waals surface area contributed by atoms with Crippen molar-refractivity contribution in [1.82, 2.24) is 4.98 Å². The summed E-state index contributed by atoms with van der Waals surface area (Å²) in [6, 6.07) is 68.6. The van der Waals surface area contributed by atoms with Crippen LogP contribution in [0.3, 0.4) is 0 Å². The second-order valence-corrected chi connectivity index (χ2v) is 15.4. The van der Waals surface area contributed by atoms with Gasteiger partial charge < -0.3 is 9.88 Å². The lowest BCUT2D eigenvalue weighted by Gasteiger charge is -2.28. The summed E-state index contributed by atoms with van der Waals surface area (Å²) in [5, 5.41) is 2.39. The van der Waals surface area contributed by atoms with Crippen molar-refractivity contribution in [3.63, 3.8) is 0 Å². The molecule has 1 aliphatic rings. The van der Waals surface area contributed by atoms with E-state index >= 15 is 0 Å². The molecule has 278 valence electrons. The minimum atomic E-state index is 1.09. The number of aromatic amines is 1. The molecule has 10 rings (SSSR count). The highest BCUT2D eigenvalue weighted by Crippen LogP contribution is 2.47. The van der Waals surface area contributed by atoms with E-state index in [1.165, 1.54) is 77.6 Å². The molecule has 0 radical (unpaired) electrons. The smallest absolute Gasteiger partial charge is 0.0565 e. The molecule has 1 aromatic heterocycles. The number of rotatable bonds is 8. The van der Waals surface area contributed by atoms with E-state index in [0.717, 1.165) is 40.9 Å². The topological polar surface area (TPSA) is 19.0 Å². The van der Waals surface area contributed by atoms with Crippen molar-refractivity contribution in [2.75, 3.05) is 4.90 Å². The van der Waals surface area contributed by atoms with E-state index in [4.69, 9.17) is 0 Å². The zero-order valence-corrected chi connectivity index (χ0v) is 32.9. The van der Waals surface area contributed by atoms with Gasteiger partial charge in [0.2, 0.25) is 0 Å². The highest BCUT2D eigenvalue weighted by Gasteiger charge is 2.22. The van der Waals surface area contributed by atoms with Crippen LogP contribution in [-0.2, 0) is 0 Å². The van der Waals surface area contributed by atoms with E-state index < -0.39 is 0 Å². The fourth-order valence-corrected chi connectivity index (χ4v) is 8.86. The van der Waals surface area contributed by atoms with Crippen molar-refractivity contribution in [2.45, 2.75) is 26.7 Å². The predicted octanol–water partition coefficient (Wildman–Crippen LogP) is 15.9. The summed E-state index contributed by atoms with van der Waals surface area (Å²) in [6.07, 6.45) is 6.76. The number of nitrogens with one attached hydrogen (secondary N) is 1. The lowest BCUT2D eigenvalue weighted by molar-refractivity contribution is 1.03. The molecule has 58 heavy (non-hydrogen) atoms. The third-order valence-electron chi connectivity index (χ3n) is 11.8. The first kappa shape index (κ1) is 35.3. The monoisotopic (exact) mass is 744 g/mol. The highest BCUT2D eigenvalue weighted by atomic mass is 15.1. The number of allylic oxidation sites excluding steroid dienone is 4. The van der Waals surface area contributed by atoms with Gasteiger partial charge in [0.1, 0.15) is 0 Å². The largest absolute Gasteiger partial charge is 0.354 e. The van der Waals surface area contributed by atoms with Gasteiger partial charge in [-0.25, -0.2) is 0 Å². The van der Waals surface area contributed by atoms with Crippen molar-refractivity contribution < 1.29 is 0 Å². The van der Waals surface area contributed by atoms with Gasteiger partial charge in [-0.1, -0.05) is 158 Å². The van der Waals surface area contributed by atoms with Crippen molar-refractivity contribution in [3.8, 4) is 44.5 Å². The molecule has 9 aromatic rings. The molecule has 2 nitrogen and oxygen atoms in total. The van der Waals surface area contributed by atoms with Crippen LogP contribution in [0.25, 0.3) is 71.9 Å². The molecule has 0 spiro atoms. The Labute approximate surface area is 341 Å². The molecule has 8 aromatic carbocycles. The third kappa shape index (κ3) is 6.53.